The molecule has 9 nitrogen and oxygen atoms in total. The highest BCUT2D eigenvalue weighted by Crippen LogP contribution is 2.52. The second-order valence-corrected chi connectivity index (χ2v) is 9.15. The van der Waals surface area contributed by atoms with Crippen molar-refractivity contribution in [1.82, 2.24) is 5.01 Å². The summed E-state index contributed by atoms with van der Waals surface area (Å²) in [5.74, 6) is 0.149. The van der Waals surface area contributed by atoms with Crippen molar-refractivity contribution in [2.75, 3.05) is 7.11 Å². The maximum atomic E-state index is 12.9. The smallest absolute Gasteiger partial charge is 0.269 e. The first-order valence-corrected chi connectivity index (χ1v) is 11.7. The van der Waals surface area contributed by atoms with E-state index >= 15 is 0 Å². The van der Waals surface area contributed by atoms with Crippen molar-refractivity contribution in [1.29, 1.82) is 0 Å². The standard InChI is InChI=1S/C27H25N3O6/c1-3-4-20-11-17(14-28-29-26(31)23-18-7-8-19(13-18)24(23)27(29)32)12-22(35-2)25(20)36-15-16-5-9-21(10-6-16)30(33)34/h3,5-12,14,18-19,23-24H,1,4,13,15H2,2H3/t18-,19-,23-,24+/m0/s1. The zero-order valence-corrected chi connectivity index (χ0v) is 19.7. The van der Waals surface area contributed by atoms with Gasteiger partial charge in [0.25, 0.3) is 17.5 Å². The summed E-state index contributed by atoms with van der Waals surface area (Å²) in [6.07, 6.45) is 8.66. The highest BCUT2D eigenvalue weighted by atomic mass is 16.6. The van der Waals surface area contributed by atoms with E-state index in [0.717, 1.165) is 22.6 Å². The van der Waals surface area contributed by atoms with Crippen molar-refractivity contribution in [3.8, 4) is 11.5 Å². The number of nitro benzene ring substituents is 1. The summed E-state index contributed by atoms with van der Waals surface area (Å²) in [6.45, 7) is 3.99. The zero-order chi connectivity index (χ0) is 25.4. The summed E-state index contributed by atoms with van der Waals surface area (Å²) in [6, 6.07) is 9.70. The molecule has 0 aromatic heterocycles. The van der Waals surface area contributed by atoms with Gasteiger partial charge in [-0.25, -0.2) is 0 Å². The molecule has 0 radical (unpaired) electrons. The van der Waals surface area contributed by atoms with Crippen LogP contribution in [0.25, 0.3) is 0 Å². The number of nitro groups is 1. The van der Waals surface area contributed by atoms with Crippen molar-refractivity contribution >= 4 is 23.7 Å². The fraction of sp³-hybridized carbons (Fsp3) is 0.296. The second kappa shape index (κ2) is 9.41. The van der Waals surface area contributed by atoms with Crippen molar-refractivity contribution in [2.24, 2.45) is 28.8 Å². The lowest BCUT2D eigenvalue weighted by molar-refractivity contribution is -0.384. The van der Waals surface area contributed by atoms with Crippen LogP contribution in [-0.4, -0.2) is 35.1 Å². The molecule has 36 heavy (non-hydrogen) atoms. The van der Waals surface area contributed by atoms with Gasteiger partial charge in [0.2, 0.25) is 0 Å². The van der Waals surface area contributed by atoms with Crippen LogP contribution in [0.2, 0.25) is 0 Å². The van der Waals surface area contributed by atoms with Crippen LogP contribution in [0.1, 0.15) is 23.1 Å². The molecule has 0 unspecified atom stereocenters. The number of methoxy groups -OCH3 is 1. The van der Waals surface area contributed by atoms with Crippen LogP contribution in [0.4, 0.5) is 5.69 Å². The molecule has 184 valence electrons. The van der Waals surface area contributed by atoms with Gasteiger partial charge in [-0.1, -0.05) is 18.2 Å². The van der Waals surface area contributed by atoms with E-state index < -0.39 is 4.92 Å². The number of carbonyl (C=O) groups excluding carboxylic acids is 2. The number of hydrogen-bond donors (Lipinski definition) is 0. The highest BCUT2D eigenvalue weighted by molar-refractivity contribution is 6.06. The average molecular weight is 488 g/mol. The van der Waals surface area contributed by atoms with Crippen LogP contribution in [0.5, 0.6) is 11.5 Å². The third-order valence-electron chi connectivity index (χ3n) is 7.04. The summed E-state index contributed by atoms with van der Waals surface area (Å²) in [7, 11) is 1.52. The number of ether oxygens (including phenoxy) is 2. The maximum absolute atomic E-state index is 12.9. The second-order valence-electron chi connectivity index (χ2n) is 9.15. The van der Waals surface area contributed by atoms with E-state index in [1.54, 1.807) is 24.3 Å². The summed E-state index contributed by atoms with van der Waals surface area (Å²) >= 11 is 0. The van der Waals surface area contributed by atoms with Crippen LogP contribution in [0.3, 0.4) is 0 Å². The van der Waals surface area contributed by atoms with Gasteiger partial charge < -0.3 is 9.47 Å². The van der Waals surface area contributed by atoms with Gasteiger partial charge >= 0.3 is 0 Å². The molecule has 0 spiro atoms. The predicted molar refractivity (Wildman–Crippen MR) is 131 cm³/mol. The minimum absolute atomic E-state index is 0.00910. The fourth-order valence-electron chi connectivity index (χ4n) is 5.37. The molecule has 2 aromatic carbocycles. The first kappa shape index (κ1) is 23.5. The Hall–Kier alpha value is -4.27. The minimum Gasteiger partial charge on any atom is -0.493 e. The lowest BCUT2D eigenvalue weighted by Crippen LogP contribution is -2.28. The Labute approximate surface area is 207 Å². The van der Waals surface area contributed by atoms with Gasteiger partial charge in [0.05, 0.1) is 30.1 Å². The number of hydrogen-bond acceptors (Lipinski definition) is 7. The lowest BCUT2D eigenvalue weighted by Gasteiger charge is -2.16. The Balaban J connectivity index is 1.36. The summed E-state index contributed by atoms with van der Waals surface area (Å²) < 4.78 is 11.6. The molecule has 1 saturated heterocycles. The third kappa shape index (κ3) is 4.06. The first-order chi connectivity index (χ1) is 17.4. The molecule has 2 aliphatic carbocycles. The van der Waals surface area contributed by atoms with E-state index in [9.17, 15) is 19.7 Å². The maximum Gasteiger partial charge on any atom is 0.269 e. The van der Waals surface area contributed by atoms with Gasteiger partial charge in [0.15, 0.2) is 11.5 Å². The van der Waals surface area contributed by atoms with E-state index in [0.29, 0.717) is 23.5 Å². The SMILES string of the molecule is C=CCc1cc(C=NN2C(=O)[C@@H]3[C@H](C2=O)[C@H]2C=C[C@H]3C2)cc(OC)c1OCc1ccc([N+](=O)[O-])cc1. The first-order valence-electron chi connectivity index (χ1n) is 11.7. The molecular weight excluding hydrogens is 462 g/mol. The molecule has 0 N–H and O–H groups in total. The van der Waals surface area contributed by atoms with Gasteiger partial charge in [0, 0.05) is 17.7 Å². The Morgan fingerprint density at radius 2 is 1.81 bits per heavy atom. The number of carbonyl (C=O) groups is 2. The topological polar surface area (TPSA) is 111 Å². The number of benzene rings is 2. The van der Waals surface area contributed by atoms with Gasteiger partial charge in [-0.2, -0.15) is 10.1 Å². The Morgan fingerprint density at radius 3 is 2.39 bits per heavy atom. The number of allylic oxidation sites excluding steroid dienone is 3. The van der Waals surface area contributed by atoms with Gasteiger partial charge in [0.1, 0.15) is 6.61 Å². The number of imide groups is 1. The largest absolute Gasteiger partial charge is 0.493 e. The summed E-state index contributed by atoms with van der Waals surface area (Å²) in [5, 5.41) is 16.1. The fourth-order valence-corrected chi connectivity index (χ4v) is 5.37. The molecular formula is C27H25N3O6. The normalized spacial score (nSPS) is 24.0. The number of fused-ring (bicyclic) bond motifs is 5. The molecule has 3 aliphatic rings. The molecule has 9 heteroatoms. The van der Waals surface area contributed by atoms with Crippen LogP contribution < -0.4 is 9.47 Å². The van der Waals surface area contributed by atoms with Gasteiger partial charge in [-0.05, 0) is 60.1 Å². The van der Waals surface area contributed by atoms with Crippen molar-refractivity contribution < 1.29 is 24.0 Å². The Bertz CT molecular complexity index is 1270. The number of amides is 2. The average Bonchev–Trinajstić information content (AvgIpc) is 3.56. The van der Waals surface area contributed by atoms with E-state index in [1.807, 2.05) is 18.2 Å². The summed E-state index contributed by atoms with van der Waals surface area (Å²) in [5.41, 5.74) is 2.20. The van der Waals surface area contributed by atoms with Crippen LogP contribution in [0, 0.1) is 33.8 Å². The molecule has 5 rings (SSSR count). The van der Waals surface area contributed by atoms with E-state index in [4.69, 9.17) is 9.47 Å². The van der Waals surface area contributed by atoms with E-state index in [2.05, 4.69) is 11.7 Å². The quantitative estimate of drug-likeness (QED) is 0.173. The van der Waals surface area contributed by atoms with E-state index in [1.165, 1.54) is 25.5 Å². The van der Waals surface area contributed by atoms with Crippen molar-refractivity contribution in [3.63, 3.8) is 0 Å². The Kier molecular flexibility index (Phi) is 6.13. The Morgan fingerprint density at radius 1 is 1.14 bits per heavy atom. The molecule has 2 aromatic rings. The third-order valence-corrected chi connectivity index (χ3v) is 7.04. The molecule has 1 aliphatic heterocycles. The zero-order valence-electron chi connectivity index (χ0n) is 19.7. The number of hydrazone groups is 1. The molecule has 2 bridgehead atoms. The lowest BCUT2D eigenvalue weighted by atomic mass is 9.85. The monoisotopic (exact) mass is 487 g/mol. The molecule has 2 amide bonds. The summed E-state index contributed by atoms with van der Waals surface area (Å²) in [4.78, 5) is 36.2. The predicted octanol–water partition coefficient (Wildman–Crippen LogP) is 4.05. The minimum atomic E-state index is -0.451. The van der Waals surface area contributed by atoms with Crippen LogP contribution in [-0.2, 0) is 22.6 Å². The molecule has 4 atom stereocenters. The number of non-ortho nitro benzene ring substituents is 1. The molecule has 2 fully saturated rings. The molecule has 1 heterocycles. The van der Waals surface area contributed by atoms with Crippen molar-refractivity contribution in [3.05, 3.63) is 88.0 Å². The molecule has 1 saturated carbocycles. The van der Waals surface area contributed by atoms with E-state index in [-0.39, 0.29) is 47.8 Å². The van der Waals surface area contributed by atoms with Crippen LogP contribution in [0.15, 0.2) is 66.3 Å². The van der Waals surface area contributed by atoms with Gasteiger partial charge in [-0.15, -0.1) is 6.58 Å². The number of rotatable bonds is 9. The van der Waals surface area contributed by atoms with Crippen molar-refractivity contribution in [2.45, 2.75) is 19.4 Å². The van der Waals surface area contributed by atoms with Gasteiger partial charge in [-0.3, -0.25) is 19.7 Å². The number of nitrogens with zero attached hydrogens (tertiary/aromatic N) is 3. The highest BCUT2D eigenvalue weighted by Gasteiger charge is 2.59. The van der Waals surface area contributed by atoms with Crippen LogP contribution >= 0.6 is 0 Å².